The van der Waals surface area contributed by atoms with E-state index < -0.39 is 0 Å². The fourth-order valence-corrected chi connectivity index (χ4v) is 0. The van der Waals surface area contributed by atoms with E-state index in [-0.39, 0.29) is 17.4 Å². The van der Waals surface area contributed by atoms with E-state index in [2.05, 4.69) is 20.8 Å². The molecule has 0 unspecified atom stereocenters. The molecule has 0 amide bonds. The molecule has 0 saturated heterocycles. The van der Waals surface area contributed by atoms with Gasteiger partial charge in [0.2, 0.25) is 0 Å². The molecule has 0 nitrogen and oxygen atoms in total. The van der Waals surface area contributed by atoms with Crippen molar-refractivity contribution in [3.8, 4) is 0 Å². The third kappa shape index (κ3) is 103. The van der Waals surface area contributed by atoms with Gasteiger partial charge >= 0.3 is 0 Å². The molecule has 0 aliphatic rings. The summed E-state index contributed by atoms with van der Waals surface area (Å²) in [5.41, 5.74) is 0. The Kier molecular flexibility index (Phi) is 8.26. The molecule has 0 rings (SSSR count). The maximum atomic E-state index is 3.64. The van der Waals surface area contributed by atoms with E-state index >= 15 is 0 Å². The standard InChI is InChI=1S/C4H9.Al.3H/c1-4(2)3;;;;/h4H,1H2,2-3H3;;;;. The van der Waals surface area contributed by atoms with Gasteiger partial charge in [0.05, 0.1) is 0 Å². The SMILES string of the molecule is [AlH3].[CH2]C(C)C. The van der Waals surface area contributed by atoms with Crippen LogP contribution in [0.5, 0.6) is 0 Å². The Morgan fingerprint density at radius 2 is 1.40 bits per heavy atom. The van der Waals surface area contributed by atoms with E-state index in [1.165, 1.54) is 0 Å². The zero-order valence-electron chi connectivity index (χ0n) is 3.28. The van der Waals surface area contributed by atoms with Gasteiger partial charge in [-0.15, -0.1) is 0 Å². The normalized spacial score (nSPS) is 7.20. The first-order chi connectivity index (χ1) is 1.73. The fraction of sp³-hybridized carbons (Fsp3) is 0.750. The van der Waals surface area contributed by atoms with Crippen LogP contribution >= 0.6 is 0 Å². The lowest BCUT2D eigenvalue weighted by molar-refractivity contribution is 0.827. The van der Waals surface area contributed by atoms with Crippen molar-refractivity contribution in [3.63, 3.8) is 0 Å². The minimum Gasteiger partial charge on any atom is -0.0628 e. The van der Waals surface area contributed by atoms with Crippen LogP contribution in [0.4, 0.5) is 0 Å². The van der Waals surface area contributed by atoms with Crippen LogP contribution in [0.3, 0.4) is 0 Å². The van der Waals surface area contributed by atoms with E-state index in [1.807, 2.05) is 0 Å². The average molecular weight is 87.1 g/mol. The molecule has 0 aromatic carbocycles. The maximum Gasteiger partial charge on any atom is 0.187 e. The van der Waals surface area contributed by atoms with Gasteiger partial charge in [-0.1, -0.05) is 20.8 Å². The smallest absolute Gasteiger partial charge is 0.0628 e. The first kappa shape index (κ1) is 9.11. The van der Waals surface area contributed by atoms with Gasteiger partial charge in [0, 0.05) is 0 Å². The lowest BCUT2D eigenvalue weighted by Gasteiger charge is -1.78. The summed E-state index contributed by atoms with van der Waals surface area (Å²) in [6, 6.07) is 0. The molecule has 0 N–H and O–H groups in total. The van der Waals surface area contributed by atoms with Gasteiger partial charge in [-0.25, -0.2) is 0 Å². The van der Waals surface area contributed by atoms with Crippen LogP contribution in [0.2, 0.25) is 0 Å². The molecule has 0 heterocycles. The second-order valence-corrected chi connectivity index (χ2v) is 1.39. The van der Waals surface area contributed by atoms with Crippen LogP contribution in [0.1, 0.15) is 13.8 Å². The first-order valence-corrected chi connectivity index (χ1v) is 1.56. The van der Waals surface area contributed by atoms with Crippen molar-refractivity contribution in [1.82, 2.24) is 0 Å². The van der Waals surface area contributed by atoms with Crippen molar-refractivity contribution in [2.24, 2.45) is 5.92 Å². The van der Waals surface area contributed by atoms with Crippen molar-refractivity contribution in [1.29, 1.82) is 0 Å². The van der Waals surface area contributed by atoms with Crippen LogP contribution < -0.4 is 0 Å². The second kappa shape index (κ2) is 4.53. The third-order valence-electron chi connectivity index (χ3n) is 0. The van der Waals surface area contributed by atoms with Gasteiger partial charge < -0.3 is 0 Å². The lowest BCUT2D eigenvalue weighted by atomic mass is 10.3. The number of hydrogen-bond acceptors (Lipinski definition) is 0. The molecule has 5 heavy (non-hydrogen) atoms. The molecule has 0 aromatic heterocycles. The minimum atomic E-state index is 0. The van der Waals surface area contributed by atoms with Crippen molar-refractivity contribution >= 4 is 17.4 Å². The summed E-state index contributed by atoms with van der Waals surface area (Å²) in [7, 11) is 0. The molecule has 0 bridgehead atoms. The highest BCUT2D eigenvalue weighted by Crippen LogP contribution is 1.80. The molecule has 0 aromatic rings. The van der Waals surface area contributed by atoms with Gasteiger partial charge in [-0.2, -0.15) is 0 Å². The largest absolute Gasteiger partial charge is 0.187 e. The highest BCUT2D eigenvalue weighted by Gasteiger charge is 1.68. The maximum absolute atomic E-state index is 3.64. The molecule has 31 valence electrons. The highest BCUT2D eigenvalue weighted by atomic mass is 27.0. The zero-order chi connectivity index (χ0) is 3.58. The zero-order valence-corrected chi connectivity index (χ0v) is 3.28. The highest BCUT2D eigenvalue weighted by molar-refractivity contribution is 5.75. The summed E-state index contributed by atoms with van der Waals surface area (Å²) >= 11 is 0. The molecule has 0 saturated carbocycles. The van der Waals surface area contributed by atoms with Crippen LogP contribution in [-0.4, -0.2) is 17.4 Å². The second-order valence-electron chi connectivity index (χ2n) is 1.39. The monoisotopic (exact) mass is 87.1 g/mol. The van der Waals surface area contributed by atoms with Gasteiger partial charge in [0.15, 0.2) is 17.4 Å². The fourth-order valence-electron chi connectivity index (χ4n) is 0. The van der Waals surface area contributed by atoms with Crippen LogP contribution in [0.15, 0.2) is 0 Å². The Balaban J connectivity index is 0. The summed E-state index contributed by atoms with van der Waals surface area (Å²) in [5, 5.41) is 0. The van der Waals surface area contributed by atoms with E-state index in [0.29, 0.717) is 5.92 Å². The summed E-state index contributed by atoms with van der Waals surface area (Å²) in [6.45, 7) is 7.75. The van der Waals surface area contributed by atoms with Crippen LogP contribution in [-0.2, 0) is 0 Å². The Bertz CT molecular complexity index is 8.36. The molecular formula is C4H12Al. The van der Waals surface area contributed by atoms with E-state index in [0.717, 1.165) is 0 Å². The van der Waals surface area contributed by atoms with E-state index in [4.69, 9.17) is 0 Å². The Morgan fingerprint density at radius 3 is 1.40 bits per heavy atom. The molecular weight excluding hydrogens is 75.0 g/mol. The van der Waals surface area contributed by atoms with Gasteiger partial charge in [0.25, 0.3) is 0 Å². The molecule has 1 radical (unpaired) electrons. The van der Waals surface area contributed by atoms with E-state index in [9.17, 15) is 0 Å². The van der Waals surface area contributed by atoms with Crippen molar-refractivity contribution < 1.29 is 0 Å². The minimum absolute atomic E-state index is 0. The van der Waals surface area contributed by atoms with Crippen LogP contribution in [0, 0.1) is 12.8 Å². The summed E-state index contributed by atoms with van der Waals surface area (Å²) < 4.78 is 0. The predicted octanol–water partition coefficient (Wildman–Crippen LogP) is 0.293. The summed E-state index contributed by atoms with van der Waals surface area (Å²) in [5.74, 6) is 0.583. The van der Waals surface area contributed by atoms with E-state index in [1.54, 1.807) is 0 Å². The quantitative estimate of drug-likeness (QED) is 0.372. The molecule has 0 atom stereocenters. The first-order valence-electron chi connectivity index (χ1n) is 1.56. The lowest BCUT2D eigenvalue weighted by Crippen LogP contribution is -1.67. The van der Waals surface area contributed by atoms with Crippen LogP contribution in [0.25, 0.3) is 0 Å². The predicted molar refractivity (Wildman–Crippen MR) is 30.1 cm³/mol. The van der Waals surface area contributed by atoms with Crippen molar-refractivity contribution in [2.75, 3.05) is 0 Å². The Labute approximate surface area is 44.7 Å². The molecule has 0 aliphatic carbocycles. The van der Waals surface area contributed by atoms with Gasteiger partial charge in [0.1, 0.15) is 0 Å². The topological polar surface area (TPSA) is 0 Å². The molecule has 0 fully saturated rings. The Hall–Kier alpha value is 0.532. The van der Waals surface area contributed by atoms with Gasteiger partial charge in [-0.05, 0) is 5.92 Å². The summed E-state index contributed by atoms with van der Waals surface area (Å²) in [4.78, 5) is 0. The number of hydrogen-bond donors (Lipinski definition) is 0. The molecule has 1 heteroatoms. The molecule has 0 aliphatic heterocycles. The third-order valence-corrected chi connectivity index (χ3v) is 0. The van der Waals surface area contributed by atoms with Crippen molar-refractivity contribution in [2.45, 2.75) is 13.8 Å². The molecule has 0 spiro atoms. The average Bonchev–Trinajstić information content (AvgIpc) is 0.811. The Morgan fingerprint density at radius 1 is 1.40 bits per heavy atom. The van der Waals surface area contributed by atoms with Crippen molar-refractivity contribution in [3.05, 3.63) is 6.92 Å². The van der Waals surface area contributed by atoms with Gasteiger partial charge in [-0.3, -0.25) is 0 Å². The number of rotatable bonds is 0. The summed E-state index contributed by atoms with van der Waals surface area (Å²) in [6.07, 6.45) is 0.